The first-order valence-corrected chi connectivity index (χ1v) is 9.55. The summed E-state index contributed by atoms with van der Waals surface area (Å²) in [5.74, 6) is 0. The third kappa shape index (κ3) is 2.16. The zero-order valence-corrected chi connectivity index (χ0v) is 15.7. The van der Waals surface area contributed by atoms with Crippen LogP contribution < -0.4 is 0 Å². The van der Waals surface area contributed by atoms with E-state index < -0.39 is 0 Å². The quantitative estimate of drug-likeness (QED) is 0.335. The van der Waals surface area contributed by atoms with Crippen LogP contribution in [-0.4, -0.2) is 0 Å². The molecule has 27 heavy (non-hydrogen) atoms. The van der Waals surface area contributed by atoms with E-state index in [0.717, 1.165) is 0 Å². The van der Waals surface area contributed by atoms with Crippen LogP contribution in [0.2, 0.25) is 0 Å². The monoisotopic (exact) mass is 346 g/mol. The van der Waals surface area contributed by atoms with Crippen LogP contribution in [-0.2, 0) is 5.41 Å². The number of aryl methyl sites for hydroxylation is 2. The topological polar surface area (TPSA) is 0 Å². The van der Waals surface area contributed by atoms with E-state index in [0.29, 0.717) is 0 Å². The Kier molecular flexibility index (Phi) is 3.55. The fraction of sp³-hybridized carbons (Fsp3) is 0.111. The summed E-state index contributed by atoms with van der Waals surface area (Å²) < 4.78 is 0. The van der Waals surface area contributed by atoms with E-state index in [1.807, 2.05) is 0 Å². The molecule has 130 valence electrons. The van der Waals surface area contributed by atoms with Crippen molar-refractivity contribution in [3.63, 3.8) is 0 Å². The van der Waals surface area contributed by atoms with Gasteiger partial charge in [0.1, 0.15) is 0 Å². The van der Waals surface area contributed by atoms with Gasteiger partial charge in [0, 0.05) is 0 Å². The zero-order chi connectivity index (χ0) is 18.4. The van der Waals surface area contributed by atoms with Crippen LogP contribution in [0.4, 0.5) is 0 Å². The Labute approximate surface area is 161 Å². The molecular formula is C27H22. The number of rotatable bonds is 2. The summed E-state index contributed by atoms with van der Waals surface area (Å²) in [6.07, 6.45) is 0. The normalized spacial score (nSPS) is 17.4. The van der Waals surface area contributed by atoms with Gasteiger partial charge in [-0.15, -0.1) is 0 Å². The molecule has 0 amide bonds. The van der Waals surface area contributed by atoms with Crippen molar-refractivity contribution >= 4 is 0 Å². The van der Waals surface area contributed by atoms with Crippen LogP contribution in [0.5, 0.6) is 0 Å². The average Bonchev–Trinajstić information content (AvgIpc) is 3.02. The van der Waals surface area contributed by atoms with Crippen LogP contribution in [0.3, 0.4) is 0 Å². The predicted octanol–water partition coefficient (Wildman–Crippen LogP) is 6.67. The van der Waals surface area contributed by atoms with Crippen molar-refractivity contribution in [3.05, 3.63) is 130 Å². The van der Waals surface area contributed by atoms with Crippen molar-refractivity contribution in [3.8, 4) is 11.1 Å². The van der Waals surface area contributed by atoms with E-state index in [-0.39, 0.29) is 5.41 Å². The third-order valence-corrected chi connectivity index (χ3v) is 5.97. The summed E-state index contributed by atoms with van der Waals surface area (Å²) >= 11 is 0. The molecule has 0 fully saturated rings. The highest BCUT2D eigenvalue weighted by Crippen LogP contribution is 2.56. The van der Waals surface area contributed by atoms with Gasteiger partial charge in [0.2, 0.25) is 0 Å². The second-order valence-corrected chi connectivity index (χ2v) is 7.53. The van der Waals surface area contributed by atoms with E-state index in [9.17, 15) is 0 Å². The molecular weight excluding hydrogens is 324 g/mol. The lowest BCUT2D eigenvalue weighted by Crippen LogP contribution is -2.28. The highest BCUT2D eigenvalue weighted by atomic mass is 14.5. The second kappa shape index (κ2) is 5.96. The Balaban J connectivity index is 1.98. The molecule has 0 N–H and O–H groups in total. The molecule has 0 saturated carbocycles. The lowest BCUT2D eigenvalue weighted by molar-refractivity contribution is 0.767. The van der Waals surface area contributed by atoms with Crippen molar-refractivity contribution < 1.29 is 0 Å². The molecule has 0 heterocycles. The number of hydrogen-bond acceptors (Lipinski definition) is 0. The van der Waals surface area contributed by atoms with Crippen LogP contribution in [0, 0.1) is 13.8 Å². The Morgan fingerprint density at radius 1 is 0.519 bits per heavy atom. The van der Waals surface area contributed by atoms with Gasteiger partial charge in [-0.3, -0.25) is 0 Å². The highest BCUT2D eigenvalue weighted by molar-refractivity contribution is 5.87. The summed E-state index contributed by atoms with van der Waals surface area (Å²) in [4.78, 5) is 0. The molecule has 0 heteroatoms. The summed E-state index contributed by atoms with van der Waals surface area (Å²) in [5.41, 5.74) is 10.5. The maximum Gasteiger partial charge on any atom is 0.0713 e. The Hall–Kier alpha value is -3.12. The van der Waals surface area contributed by atoms with Crippen LogP contribution in [0.1, 0.15) is 33.4 Å². The largest absolute Gasteiger partial charge is 0.0713 e. The Bertz CT molecular complexity index is 1120. The molecule has 0 saturated heterocycles. The smallest absolute Gasteiger partial charge is 0.0622 e. The second-order valence-electron chi connectivity index (χ2n) is 7.53. The molecule has 4 aromatic carbocycles. The summed E-state index contributed by atoms with van der Waals surface area (Å²) in [6.45, 7) is 4.38. The van der Waals surface area contributed by atoms with Crippen molar-refractivity contribution in [2.75, 3.05) is 0 Å². The first-order valence-electron chi connectivity index (χ1n) is 9.55. The molecule has 0 aliphatic heterocycles. The molecule has 0 bridgehead atoms. The van der Waals surface area contributed by atoms with Crippen molar-refractivity contribution in [1.82, 2.24) is 0 Å². The minimum atomic E-state index is -0.271. The number of hydrogen-bond donors (Lipinski definition) is 0. The molecule has 5 rings (SSSR count). The van der Waals surface area contributed by atoms with Gasteiger partial charge in [-0.1, -0.05) is 103 Å². The van der Waals surface area contributed by atoms with Gasteiger partial charge in [0.25, 0.3) is 0 Å². The SMILES string of the molecule is Cc1ccc(C2(c3ccccc3)c3ccccc3-c3c(C)cccc32)cc1. The summed E-state index contributed by atoms with van der Waals surface area (Å²) in [5, 5.41) is 0. The first-order chi connectivity index (χ1) is 13.2. The molecule has 1 aliphatic carbocycles. The maximum atomic E-state index is 2.31. The van der Waals surface area contributed by atoms with Gasteiger partial charge >= 0.3 is 0 Å². The molecule has 1 atom stereocenters. The minimum absolute atomic E-state index is 0.271. The highest BCUT2D eigenvalue weighted by Gasteiger charge is 2.46. The van der Waals surface area contributed by atoms with E-state index >= 15 is 0 Å². The van der Waals surface area contributed by atoms with Gasteiger partial charge in [-0.2, -0.15) is 0 Å². The van der Waals surface area contributed by atoms with Gasteiger partial charge in [0.15, 0.2) is 0 Å². The third-order valence-electron chi connectivity index (χ3n) is 5.97. The molecule has 0 radical (unpaired) electrons. The van der Waals surface area contributed by atoms with Gasteiger partial charge < -0.3 is 0 Å². The van der Waals surface area contributed by atoms with Crippen LogP contribution >= 0.6 is 0 Å². The van der Waals surface area contributed by atoms with E-state index in [2.05, 4.69) is 111 Å². The zero-order valence-electron chi connectivity index (χ0n) is 15.7. The summed E-state index contributed by atoms with van der Waals surface area (Å²) in [7, 11) is 0. The van der Waals surface area contributed by atoms with E-state index in [1.165, 1.54) is 44.5 Å². The fourth-order valence-electron chi connectivity index (χ4n) is 4.79. The van der Waals surface area contributed by atoms with E-state index in [1.54, 1.807) is 0 Å². The van der Waals surface area contributed by atoms with Gasteiger partial charge in [0.05, 0.1) is 5.41 Å². The van der Waals surface area contributed by atoms with E-state index in [4.69, 9.17) is 0 Å². The van der Waals surface area contributed by atoms with Gasteiger partial charge in [-0.25, -0.2) is 0 Å². The Morgan fingerprint density at radius 3 is 1.93 bits per heavy atom. The van der Waals surface area contributed by atoms with Crippen LogP contribution in [0.15, 0.2) is 97.1 Å². The van der Waals surface area contributed by atoms with Crippen molar-refractivity contribution in [2.45, 2.75) is 19.3 Å². The molecule has 1 unspecified atom stereocenters. The Morgan fingerprint density at radius 2 is 1.15 bits per heavy atom. The average molecular weight is 346 g/mol. The van der Waals surface area contributed by atoms with Crippen molar-refractivity contribution in [1.29, 1.82) is 0 Å². The van der Waals surface area contributed by atoms with Gasteiger partial charge in [-0.05, 0) is 52.8 Å². The predicted molar refractivity (Wildman–Crippen MR) is 113 cm³/mol. The standard InChI is InChI=1S/C27H22/c1-19-15-17-22(18-16-19)27(21-10-4-3-5-11-21)24-13-7-6-12-23(24)26-20(2)9-8-14-25(26)27/h3-18H,1-2H3. The lowest BCUT2D eigenvalue weighted by Gasteiger charge is -2.34. The maximum absolute atomic E-state index is 2.31. The molecule has 0 spiro atoms. The molecule has 4 aromatic rings. The minimum Gasteiger partial charge on any atom is -0.0622 e. The van der Waals surface area contributed by atoms with Crippen molar-refractivity contribution in [2.24, 2.45) is 0 Å². The number of fused-ring (bicyclic) bond motifs is 3. The first kappa shape index (κ1) is 16.1. The molecule has 1 aliphatic rings. The molecule has 0 aromatic heterocycles. The molecule has 0 nitrogen and oxygen atoms in total. The fourth-order valence-corrected chi connectivity index (χ4v) is 4.79. The van der Waals surface area contributed by atoms with Crippen LogP contribution in [0.25, 0.3) is 11.1 Å². The summed E-state index contributed by atoms with van der Waals surface area (Å²) in [6, 6.07) is 35.7. The number of benzene rings is 4. The lowest BCUT2D eigenvalue weighted by atomic mass is 9.67.